The molecule has 0 aliphatic carbocycles. The molecule has 2 fully saturated rings. The maximum atomic E-state index is 12.3. The Bertz CT molecular complexity index is 1300. The third-order valence-corrected chi connectivity index (χ3v) is 7.37. The van der Waals surface area contributed by atoms with E-state index >= 15 is 0 Å². The Morgan fingerprint density at radius 2 is 1.76 bits per heavy atom. The van der Waals surface area contributed by atoms with E-state index in [0.717, 1.165) is 69.4 Å². The van der Waals surface area contributed by atoms with Gasteiger partial charge in [-0.2, -0.15) is 5.10 Å². The minimum Gasteiger partial charge on any atom is -0.481 e. The summed E-state index contributed by atoms with van der Waals surface area (Å²) in [6, 6.07) is 1.70. The van der Waals surface area contributed by atoms with Crippen LogP contribution in [0.5, 0.6) is 0 Å². The van der Waals surface area contributed by atoms with Crippen molar-refractivity contribution in [2.75, 3.05) is 31.1 Å². The van der Waals surface area contributed by atoms with Crippen LogP contribution >= 0.6 is 0 Å². The molecule has 2 aliphatic heterocycles. The lowest BCUT2D eigenvalue weighted by Gasteiger charge is -2.33. The molecule has 5 N–H and O–H groups in total. The molecular weight excluding hydrogens is 548 g/mol. The molecule has 2 aromatic heterocycles. The Balaban J connectivity index is 0.000000316. The number of nitrogens with one attached hydrogen (secondary N) is 1. The second-order valence-electron chi connectivity index (χ2n) is 10.8. The highest BCUT2D eigenvalue weighted by molar-refractivity contribution is 5.88. The van der Waals surface area contributed by atoms with Gasteiger partial charge >= 0.3 is 17.9 Å². The summed E-state index contributed by atoms with van der Waals surface area (Å²) in [5.41, 5.74) is 0.515. The van der Waals surface area contributed by atoms with Crippen LogP contribution in [-0.2, 0) is 27.5 Å². The average Bonchev–Trinajstić information content (AvgIpc) is 3.26. The Morgan fingerprint density at radius 1 is 1.10 bits per heavy atom. The number of aliphatic hydroxyl groups is 1. The van der Waals surface area contributed by atoms with Gasteiger partial charge in [-0.3, -0.25) is 28.9 Å². The third-order valence-electron chi connectivity index (χ3n) is 7.37. The second-order valence-corrected chi connectivity index (χ2v) is 10.8. The summed E-state index contributed by atoms with van der Waals surface area (Å²) in [6.45, 7) is 11.5. The lowest BCUT2D eigenvalue weighted by molar-refractivity contribution is -0.170. The zero-order chi connectivity index (χ0) is 30.9. The summed E-state index contributed by atoms with van der Waals surface area (Å²) in [7, 11) is 0. The lowest BCUT2D eigenvalue weighted by Crippen LogP contribution is -2.42. The molecule has 0 spiro atoms. The summed E-state index contributed by atoms with van der Waals surface area (Å²) in [5, 5.41) is 38.4. The van der Waals surface area contributed by atoms with Gasteiger partial charge in [-0.1, -0.05) is 6.08 Å². The van der Waals surface area contributed by atoms with E-state index in [4.69, 9.17) is 25.4 Å². The molecule has 0 amide bonds. The molecule has 0 aromatic carbocycles. The van der Waals surface area contributed by atoms with Crippen LogP contribution in [0.25, 0.3) is 0 Å². The van der Waals surface area contributed by atoms with Crippen LogP contribution in [0.3, 0.4) is 0 Å². The highest BCUT2D eigenvalue weighted by Crippen LogP contribution is 2.27. The predicted octanol–water partition coefficient (Wildman–Crippen LogP) is 1.58. The average molecular weight is 589 g/mol. The smallest absolute Gasteiger partial charge is 0.336 e. The van der Waals surface area contributed by atoms with Gasteiger partial charge in [0.15, 0.2) is 5.60 Å². The number of hydrogen-bond donors (Lipinski definition) is 5. The number of likely N-dealkylation sites (tertiary alicyclic amines) is 1. The molecule has 0 bridgehead atoms. The van der Waals surface area contributed by atoms with Gasteiger partial charge in [0.25, 0.3) is 5.56 Å². The van der Waals surface area contributed by atoms with Crippen molar-refractivity contribution in [1.82, 2.24) is 24.6 Å². The van der Waals surface area contributed by atoms with E-state index in [1.807, 2.05) is 10.8 Å². The fourth-order valence-corrected chi connectivity index (χ4v) is 5.26. The van der Waals surface area contributed by atoms with E-state index in [1.165, 1.54) is 24.8 Å². The zero-order valence-corrected chi connectivity index (χ0v) is 23.9. The number of piperidine rings is 2. The van der Waals surface area contributed by atoms with Crippen LogP contribution in [0.4, 0.5) is 5.95 Å². The number of aromatic amines is 1. The Morgan fingerprint density at radius 3 is 2.36 bits per heavy atom. The molecule has 2 aliphatic rings. The van der Waals surface area contributed by atoms with E-state index in [-0.39, 0.29) is 5.56 Å². The second kappa shape index (κ2) is 14.7. The van der Waals surface area contributed by atoms with E-state index in [1.54, 1.807) is 6.07 Å². The van der Waals surface area contributed by atoms with E-state index in [0.29, 0.717) is 5.92 Å². The molecule has 1 atom stereocenters. The van der Waals surface area contributed by atoms with Crippen LogP contribution in [0.2, 0.25) is 0 Å². The molecule has 4 rings (SSSR count). The minimum atomic E-state index is -2.74. The lowest BCUT2D eigenvalue weighted by atomic mass is 9.94. The number of aryl methyl sites for hydroxylation is 1. The van der Waals surface area contributed by atoms with Gasteiger partial charge in [0, 0.05) is 49.9 Å². The molecule has 2 aromatic rings. The van der Waals surface area contributed by atoms with Gasteiger partial charge in [0.05, 0.1) is 30.8 Å². The van der Waals surface area contributed by atoms with Crippen molar-refractivity contribution in [1.29, 1.82) is 0 Å². The number of carboxylic acids is 3. The van der Waals surface area contributed by atoms with Crippen LogP contribution in [0.15, 0.2) is 29.7 Å². The number of rotatable bonds is 11. The quantitative estimate of drug-likeness (QED) is 0.238. The normalized spacial score (nSPS) is 17.7. The number of aliphatic carboxylic acids is 3. The summed E-state index contributed by atoms with van der Waals surface area (Å²) in [5.74, 6) is -3.96. The number of carboxylic acid groups (broad SMARTS) is 3. The van der Waals surface area contributed by atoms with Crippen molar-refractivity contribution in [3.8, 4) is 0 Å². The number of nitrogens with zero attached hydrogens (tertiary/aromatic N) is 5. The van der Waals surface area contributed by atoms with Crippen LogP contribution < -0.4 is 10.5 Å². The first-order valence-electron chi connectivity index (χ1n) is 14.0. The van der Waals surface area contributed by atoms with Crippen molar-refractivity contribution in [3.05, 3.63) is 52.2 Å². The monoisotopic (exact) mass is 588 g/mol. The van der Waals surface area contributed by atoms with Crippen molar-refractivity contribution in [2.24, 2.45) is 0 Å². The van der Waals surface area contributed by atoms with Crippen molar-refractivity contribution < 1.29 is 34.8 Å². The third kappa shape index (κ3) is 9.24. The molecule has 1 unspecified atom stereocenters. The molecule has 0 saturated carbocycles. The van der Waals surface area contributed by atoms with Crippen LogP contribution in [0, 0.1) is 6.92 Å². The molecule has 42 heavy (non-hydrogen) atoms. The topological polar surface area (TPSA) is 202 Å². The summed E-state index contributed by atoms with van der Waals surface area (Å²) in [6.07, 6.45) is 7.52. The molecule has 230 valence electrons. The van der Waals surface area contributed by atoms with Crippen molar-refractivity contribution in [3.63, 3.8) is 0 Å². The van der Waals surface area contributed by atoms with Crippen LogP contribution in [-0.4, -0.2) is 94.8 Å². The number of anilines is 1. The van der Waals surface area contributed by atoms with E-state index in [2.05, 4.69) is 39.6 Å². The fraction of sp³-hybridized carbons (Fsp3) is 0.571. The minimum absolute atomic E-state index is 0.0331. The highest BCUT2D eigenvalue weighted by atomic mass is 16.4. The number of allylic oxidation sites excluding steroid dienone is 1. The predicted molar refractivity (Wildman–Crippen MR) is 152 cm³/mol. The summed E-state index contributed by atoms with van der Waals surface area (Å²) < 4.78 is 1.95. The molecule has 14 heteroatoms. The van der Waals surface area contributed by atoms with Gasteiger partial charge in [-0.05, 0) is 45.6 Å². The number of carbonyl (C=O) groups is 3. The van der Waals surface area contributed by atoms with Gasteiger partial charge in [0.1, 0.15) is 0 Å². The van der Waals surface area contributed by atoms with Gasteiger partial charge in [-0.15, -0.1) is 6.58 Å². The molecule has 0 radical (unpaired) electrons. The SMILES string of the molecule is C=CCn1cc(CN2CCCC(c3cc(=O)[nH]c(N4CCCCC4)n3)C2)c(C)n1.O=C(O)CC(O)(CC(=O)O)C(=O)O. The Hall–Kier alpha value is -4.04. The molecule has 2 saturated heterocycles. The largest absolute Gasteiger partial charge is 0.481 e. The van der Waals surface area contributed by atoms with Crippen molar-refractivity contribution >= 4 is 23.9 Å². The van der Waals surface area contributed by atoms with E-state index < -0.39 is 36.4 Å². The number of aromatic nitrogens is 4. The standard InChI is InChI=1S/C22H32N6O.C6H8O7/c1-3-9-28-16-19(17(2)25-28)15-26-10-7-8-18(14-26)20-13-21(29)24-22(23-20)27-11-5-4-6-12-27;7-3(8)1-6(13,5(11)12)2-4(9)10/h3,13,16,18H,1,4-12,14-15H2,2H3,(H,23,24,29);13H,1-2H2,(H,7,8)(H,9,10)(H,11,12). The first-order valence-corrected chi connectivity index (χ1v) is 14.0. The first kappa shape index (κ1) is 32.5. The summed E-state index contributed by atoms with van der Waals surface area (Å²) in [4.78, 5) is 55.3. The highest BCUT2D eigenvalue weighted by Gasteiger charge is 2.40. The fourth-order valence-electron chi connectivity index (χ4n) is 5.26. The molecule has 4 heterocycles. The zero-order valence-electron chi connectivity index (χ0n) is 23.9. The van der Waals surface area contributed by atoms with Gasteiger partial charge < -0.3 is 25.3 Å². The van der Waals surface area contributed by atoms with Gasteiger partial charge in [-0.25, -0.2) is 9.78 Å². The number of hydrogen-bond acceptors (Lipinski definition) is 9. The van der Waals surface area contributed by atoms with Gasteiger partial charge in [0.2, 0.25) is 5.95 Å². The first-order chi connectivity index (χ1) is 19.9. The molecule has 14 nitrogen and oxygen atoms in total. The van der Waals surface area contributed by atoms with Crippen molar-refractivity contribution in [2.45, 2.75) is 76.5 Å². The Labute approximate surface area is 243 Å². The summed E-state index contributed by atoms with van der Waals surface area (Å²) >= 11 is 0. The van der Waals surface area contributed by atoms with Crippen LogP contribution in [0.1, 0.15) is 67.8 Å². The number of H-pyrrole nitrogens is 1. The molecular formula is C28H40N6O8. The Kier molecular flexibility index (Phi) is 11.4. The maximum Gasteiger partial charge on any atom is 0.336 e. The van der Waals surface area contributed by atoms with E-state index in [9.17, 15) is 19.2 Å². The maximum absolute atomic E-state index is 12.3.